The zero-order chi connectivity index (χ0) is 20.2. The maximum Gasteiger partial charge on any atom is 0.154 e. The van der Waals surface area contributed by atoms with Crippen molar-refractivity contribution in [1.82, 2.24) is 29.7 Å². The SMILES string of the molecule is CN(C)C1CCN(c2ccc3ncc(-c4ccc5[nH]nc(C6CC6)c5c4)n3n2)CC1. The first-order chi connectivity index (χ1) is 14.7. The molecule has 0 radical (unpaired) electrons. The lowest BCUT2D eigenvalue weighted by Gasteiger charge is -2.35. The number of nitrogens with one attached hydrogen (secondary N) is 1. The van der Waals surface area contributed by atoms with Crippen LogP contribution in [0.3, 0.4) is 0 Å². The Morgan fingerprint density at radius 2 is 1.87 bits per heavy atom. The average molecular weight is 402 g/mol. The van der Waals surface area contributed by atoms with Gasteiger partial charge in [0.05, 0.1) is 23.1 Å². The Bertz CT molecular complexity index is 1210. The zero-order valence-electron chi connectivity index (χ0n) is 17.5. The number of hydrogen-bond donors (Lipinski definition) is 1. The van der Waals surface area contributed by atoms with Gasteiger partial charge >= 0.3 is 0 Å². The van der Waals surface area contributed by atoms with Crippen LogP contribution in [0.1, 0.15) is 37.3 Å². The van der Waals surface area contributed by atoms with E-state index in [0.29, 0.717) is 12.0 Å². The molecular weight excluding hydrogens is 374 g/mol. The summed E-state index contributed by atoms with van der Waals surface area (Å²) in [5.74, 6) is 1.65. The van der Waals surface area contributed by atoms with Crippen molar-refractivity contribution >= 4 is 22.4 Å². The first-order valence-corrected chi connectivity index (χ1v) is 10.9. The van der Waals surface area contributed by atoms with Gasteiger partial charge in [-0.1, -0.05) is 6.07 Å². The second-order valence-corrected chi connectivity index (χ2v) is 8.93. The van der Waals surface area contributed by atoms with Gasteiger partial charge < -0.3 is 9.80 Å². The second-order valence-electron chi connectivity index (χ2n) is 8.93. The molecule has 1 aliphatic heterocycles. The van der Waals surface area contributed by atoms with Gasteiger partial charge in [-0.2, -0.15) is 5.10 Å². The molecule has 154 valence electrons. The highest BCUT2D eigenvalue weighted by atomic mass is 15.3. The van der Waals surface area contributed by atoms with Crippen LogP contribution in [0.4, 0.5) is 5.82 Å². The summed E-state index contributed by atoms with van der Waals surface area (Å²) < 4.78 is 1.99. The molecule has 30 heavy (non-hydrogen) atoms. The minimum atomic E-state index is 0.617. The van der Waals surface area contributed by atoms with Crippen LogP contribution in [0.2, 0.25) is 0 Å². The number of rotatable bonds is 4. The van der Waals surface area contributed by atoms with Gasteiger partial charge in [0, 0.05) is 36.0 Å². The smallest absolute Gasteiger partial charge is 0.154 e. The summed E-state index contributed by atoms with van der Waals surface area (Å²) in [4.78, 5) is 9.34. The summed E-state index contributed by atoms with van der Waals surface area (Å²) in [7, 11) is 4.35. The first-order valence-electron chi connectivity index (χ1n) is 10.9. The molecule has 2 fully saturated rings. The zero-order valence-corrected chi connectivity index (χ0v) is 17.5. The van der Waals surface area contributed by atoms with E-state index >= 15 is 0 Å². The van der Waals surface area contributed by atoms with Gasteiger partial charge in [0.15, 0.2) is 5.65 Å². The van der Waals surface area contributed by atoms with Crippen LogP contribution in [-0.2, 0) is 0 Å². The number of hydrogen-bond acceptors (Lipinski definition) is 5. The molecule has 0 unspecified atom stereocenters. The number of H-pyrrole nitrogens is 1. The quantitative estimate of drug-likeness (QED) is 0.565. The monoisotopic (exact) mass is 401 g/mol. The average Bonchev–Trinajstić information content (AvgIpc) is 3.39. The van der Waals surface area contributed by atoms with Gasteiger partial charge in [-0.05, 0) is 64.0 Å². The van der Waals surface area contributed by atoms with E-state index < -0.39 is 0 Å². The van der Waals surface area contributed by atoms with Crippen molar-refractivity contribution in [3.05, 3.63) is 42.2 Å². The van der Waals surface area contributed by atoms with Crippen LogP contribution in [0.5, 0.6) is 0 Å². The van der Waals surface area contributed by atoms with Gasteiger partial charge in [-0.25, -0.2) is 9.50 Å². The summed E-state index contributed by atoms with van der Waals surface area (Å²) in [6.45, 7) is 2.08. The molecule has 2 aliphatic rings. The summed E-state index contributed by atoms with van der Waals surface area (Å²) >= 11 is 0. The van der Waals surface area contributed by atoms with Crippen molar-refractivity contribution in [3.63, 3.8) is 0 Å². The minimum absolute atomic E-state index is 0.617. The molecule has 7 nitrogen and oxygen atoms in total. The molecule has 7 heteroatoms. The van der Waals surface area contributed by atoms with Crippen LogP contribution < -0.4 is 4.90 Å². The molecule has 6 rings (SSSR count). The molecule has 0 spiro atoms. The maximum absolute atomic E-state index is 4.99. The van der Waals surface area contributed by atoms with E-state index in [-0.39, 0.29) is 0 Å². The number of aromatic amines is 1. The third kappa shape index (κ3) is 2.96. The second kappa shape index (κ2) is 6.80. The van der Waals surface area contributed by atoms with Crippen LogP contribution in [0, 0.1) is 0 Å². The van der Waals surface area contributed by atoms with Gasteiger partial charge in [-0.3, -0.25) is 5.10 Å². The molecule has 1 aliphatic carbocycles. The normalized spacial score (nSPS) is 18.2. The number of benzene rings is 1. The van der Waals surface area contributed by atoms with Crippen molar-refractivity contribution in [2.45, 2.75) is 37.6 Å². The third-order valence-electron chi connectivity index (χ3n) is 6.72. The van der Waals surface area contributed by atoms with Crippen LogP contribution in [0.15, 0.2) is 36.5 Å². The number of anilines is 1. The summed E-state index contributed by atoms with van der Waals surface area (Å²) in [5, 5.41) is 14.0. The topological polar surface area (TPSA) is 65.3 Å². The van der Waals surface area contributed by atoms with E-state index in [0.717, 1.165) is 41.3 Å². The first kappa shape index (κ1) is 17.9. The molecule has 4 heterocycles. The lowest BCUT2D eigenvalue weighted by Crippen LogP contribution is -2.42. The Labute approximate surface area is 175 Å². The number of imidazole rings is 1. The largest absolute Gasteiger partial charge is 0.355 e. The number of fused-ring (bicyclic) bond motifs is 2. The molecule has 0 amide bonds. The van der Waals surface area contributed by atoms with Crippen molar-refractivity contribution < 1.29 is 0 Å². The third-order valence-corrected chi connectivity index (χ3v) is 6.72. The van der Waals surface area contributed by atoms with E-state index in [9.17, 15) is 0 Å². The molecule has 0 atom stereocenters. The number of aromatic nitrogens is 5. The fourth-order valence-corrected chi connectivity index (χ4v) is 4.70. The molecule has 1 saturated heterocycles. The van der Waals surface area contributed by atoms with Gasteiger partial charge in [0.2, 0.25) is 0 Å². The van der Waals surface area contributed by atoms with Crippen molar-refractivity contribution in [2.24, 2.45) is 0 Å². The van der Waals surface area contributed by atoms with E-state index in [2.05, 4.69) is 69.4 Å². The Morgan fingerprint density at radius 1 is 1.03 bits per heavy atom. The number of nitrogens with zero attached hydrogens (tertiary/aromatic N) is 6. The predicted molar refractivity (Wildman–Crippen MR) is 119 cm³/mol. The summed E-state index contributed by atoms with van der Waals surface area (Å²) in [5.41, 5.74) is 5.35. The maximum atomic E-state index is 4.99. The fourth-order valence-electron chi connectivity index (χ4n) is 4.70. The van der Waals surface area contributed by atoms with Gasteiger partial charge in [-0.15, -0.1) is 5.10 Å². The molecule has 1 aromatic carbocycles. The Balaban J connectivity index is 1.36. The van der Waals surface area contributed by atoms with E-state index in [4.69, 9.17) is 5.10 Å². The molecule has 0 bridgehead atoms. The minimum Gasteiger partial charge on any atom is -0.355 e. The highest BCUT2D eigenvalue weighted by Crippen LogP contribution is 2.42. The lowest BCUT2D eigenvalue weighted by molar-refractivity contribution is 0.249. The highest BCUT2D eigenvalue weighted by Gasteiger charge is 2.28. The highest BCUT2D eigenvalue weighted by molar-refractivity contribution is 5.87. The molecule has 3 aromatic heterocycles. The van der Waals surface area contributed by atoms with Crippen molar-refractivity contribution in [3.8, 4) is 11.3 Å². The van der Waals surface area contributed by atoms with Crippen molar-refractivity contribution in [2.75, 3.05) is 32.1 Å². The predicted octanol–water partition coefficient (Wildman–Crippen LogP) is 3.68. The van der Waals surface area contributed by atoms with Crippen molar-refractivity contribution in [1.29, 1.82) is 0 Å². The summed E-state index contributed by atoms with van der Waals surface area (Å²) in [6.07, 6.45) is 6.77. The molecule has 1 saturated carbocycles. The molecular formula is C23H27N7. The van der Waals surface area contributed by atoms with E-state index in [1.807, 2.05) is 10.7 Å². The van der Waals surface area contributed by atoms with Crippen LogP contribution >= 0.6 is 0 Å². The molecule has 1 N–H and O–H groups in total. The number of piperidine rings is 1. The van der Waals surface area contributed by atoms with E-state index in [1.165, 1.54) is 36.8 Å². The molecule has 4 aromatic rings. The lowest BCUT2D eigenvalue weighted by atomic mass is 10.0. The van der Waals surface area contributed by atoms with E-state index in [1.54, 1.807) is 0 Å². The fraction of sp³-hybridized carbons (Fsp3) is 0.435. The van der Waals surface area contributed by atoms with Crippen LogP contribution in [0.25, 0.3) is 27.8 Å². The van der Waals surface area contributed by atoms with Gasteiger partial charge in [0.25, 0.3) is 0 Å². The standard InChI is InChI=1S/C23H27N7/c1-28(2)17-9-11-29(12-10-17)22-8-7-21-24-14-20(30(21)27-22)16-5-6-19-18(13-16)23(26-25-19)15-3-4-15/h5-8,13-15,17H,3-4,9-12H2,1-2H3,(H,25,26). The van der Waals surface area contributed by atoms with Gasteiger partial charge in [0.1, 0.15) is 5.82 Å². The Morgan fingerprint density at radius 3 is 2.63 bits per heavy atom. The Hall–Kier alpha value is -2.93. The Kier molecular flexibility index (Phi) is 4.06. The van der Waals surface area contributed by atoms with Crippen LogP contribution in [-0.4, -0.2) is 62.9 Å². The summed E-state index contributed by atoms with van der Waals surface area (Å²) in [6, 6.07) is 11.3.